The monoisotopic (exact) mass is 154 g/mol. The third-order valence-corrected chi connectivity index (χ3v) is 1.15. The molecular weight excluding hydrogens is 143 g/mol. The van der Waals surface area contributed by atoms with Crippen LogP contribution in [0.5, 0.6) is 0 Å². The van der Waals surface area contributed by atoms with E-state index in [1.807, 2.05) is 0 Å². The molecule has 1 N–H and O–H groups in total. The quantitative estimate of drug-likeness (QED) is 0.422. The van der Waals surface area contributed by atoms with Crippen molar-refractivity contribution in [3.8, 4) is 0 Å². The first kappa shape index (κ1) is 13.1. The molecule has 0 aliphatic carbocycles. The van der Waals surface area contributed by atoms with Crippen LogP contribution in [0.25, 0.3) is 0 Å². The molecule has 0 saturated carbocycles. The van der Waals surface area contributed by atoms with Crippen molar-refractivity contribution in [3.05, 3.63) is 0 Å². The predicted molar refractivity (Wildman–Crippen MR) is 30.5 cm³/mol. The van der Waals surface area contributed by atoms with Crippen LogP contribution in [-0.4, -0.2) is 17.7 Å². The smallest absolute Gasteiger partial charge is 0.550 e. The van der Waals surface area contributed by atoms with Gasteiger partial charge in [-0.1, -0.05) is 6.92 Å². The molecule has 54 valence electrons. The summed E-state index contributed by atoms with van der Waals surface area (Å²) in [7, 11) is 0. The minimum Gasteiger partial charge on any atom is -0.550 e. The number of aliphatic carboxylic acids is 1. The Morgan fingerprint density at radius 2 is 2.20 bits per heavy atom. The van der Waals surface area contributed by atoms with E-state index in [1.165, 1.54) is 0 Å². The second-order valence-electron chi connectivity index (χ2n) is 2.20. The summed E-state index contributed by atoms with van der Waals surface area (Å²) in [6.45, 7) is 1.84. The zero-order chi connectivity index (χ0) is 7.28. The average Bonchev–Trinajstić information content (AvgIpc) is 1.83. The molecule has 0 spiro atoms. The molecule has 0 rings (SSSR count). The number of carbonyl (C=O) groups is 1. The molecule has 0 aromatic heterocycles. The summed E-state index contributed by atoms with van der Waals surface area (Å²) in [5, 5.41) is 18.3. The maximum Gasteiger partial charge on any atom is 1.00 e. The largest absolute Gasteiger partial charge is 1.00 e. The SMILES string of the molecule is CC(CO)CCC(=O)[O-].[Na+]. The second kappa shape index (κ2) is 7.54. The van der Waals surface area contributed by atoms with Gasteiger partial charge in [-0.2, -0.15) is 0 Å². The van der Waals surface area contributed by atoms with Crippen LogP contribution in [0.15, 0.2) is 0 Å². The van der Waals surface area contributed by atoms with Crippen LogP contribution in [0, 0.1) is 5.92 Å². The van der Waals surface area contributed by atoms with Gasteiger partial charge in [0.1, 0.15) is 0 Å². The van der Waals surface area contributed by atoms with Gasteiger partial charge >= 0.3 is 29.6 Å². The van der Waals surface area contributed by atoms with Gasteiger partial charge in [0.2, 0.25) is 0 Å². The zero-order valence-electron chi connectivity index (χ0n) is 6.46. The number of rotatable bonds is 4. The molecule has 0 aliphatic heterocycles. The van der Waals surface area contributed by atoms with E-state index in [0.29, 0.717) is 6.42 Å². The zero-order valence-corrected chi connectivity index (χ0v) is 8.46. The molecule has 1 unspecified atom stereocenters. The Morgan fingerprint density at radius 1 is 1.70 bits per heavy atom. The fourth-order valence-corrected chi connectivity index (χ4v) is 0.456. The predicted octanol–water partition coefficient (Wildman–Crippen LogP) is -3.85. The first-order chi connectivity index (χ1) is 4.16. The third kappa shape index (κ3) is 8.43. The third-order valence-electron chi connectivity index (χ3n) is 1.15. The maximum absolute atomic E-state index is 9.83. The number of hydrogen-bond acceptors (Lipinski definition) is 3. The van der Waals surface area contributed by atoms with Gasteiger partial charge in [0, 0.05) is 12.6 Å². The minimum atomic E-state index is -1.05. The second-order valence-corrected chi connectivity index (χ2v) is 2.20. The normalized spacial score (nSPS) is 11.8. The summed E-state index contributed by atoms with van der Waals surface area (Å²) in [6.07, 6.45) is 0.542. The van der Waals surface area contributed by atoms with Gasteiger partial charge < -0.3 is 15.0 Å². The van der Waals surface area contributed by atoms with Crippen LogP contribution in [0.2, 0.25) is 0 Å². The summed E-state index contributed by atoms with van der Waals surface area (Å²) < 4.78 is 0. The Balaban J connectivity index is 0. The molecule has 1 atom stereocenters. The van der Waals surface area contributed by atoms with Crippen LogP contribution in [0.1, 0.15) is 19.8 Å². The molecule has 0 heterocycles. The van der Waals surface area contributed by atoms with Gasteiger partial charge in [0.15, 0.2) is 0 Å². The number of carboxylic acid groups (broad SMARTS) is 1. The van der Waals surface area contributed by atoms with E-state index in [1.54, 1.807) is 6.92 Å². The van der Waals surface area contributed by atoms with Gasteiger partial charge in [-0.05, 0) is 18.8 Å². The Hall–Kier alpha value is 0.430. The summed E-state index contributed by atoms with van der Waals surface area (Å²) in [5.74, 6) is -0.974. The maximum atomic E-state index is 9.83. The number of hydrogen-bond donors (Lipinski definition) is 1. The van der Waals surface area contributed by atoms with Crippen molar-refractivity contribution < 1.29 is 44.6 Å². The van der Waals surface area contributed by atoms with E-state index in [2.05, 4.69) is 0 Å². The fraction of sp³-hybridized carbons (Fsp3) is 0.833. The summed E-state index contributed by atoms with van der Waals surface area (Å²) >= 11 is 0. The first-order valence-corrected chi connectivity index (χ1v) is 2.97. The summed E-state index contributed by atoms with van der Waals surface area (Å²) in [5.41, 5.74) is 0. The van der Waals surface area contributed by atoms with E-state index in [9.17, 15) is 9.90 Å². The molecule has 0 aromatic rings. The van der Waals surface area contributed by atoms with Crippen molar-refractivity contribution in [1.82, 2.24) is 0 Å². The molecule has 3 nitrogen and oxygen atoms in total. The van der Waals surface area contributed by atoms with E-state index in [-0.39, 0.29) is 48.5 Å². The van der Waals surface area contributed by atoms with E-state index >= 15 is 0 Å². The summed E-state index contributed by atoms with van der Waals surface area (Å²) in [6, 6.07) is 0. The molecular formula is C6H11NaO3. The van der Waals surface area contributed by atoms with Crippen molar-refractivity contribution in [2.24, 2.45) is 5.92 Å². The summed E-state index contributed by atoms with van der Waals surface area (Å²) in [4.78, 5) is 9.83. The van der Waals surface area contributed by atoms with E-state index in [0.717, 1.165) is 0 Å². The Labute approximate surface area is 82.7 Å². The molecule has 0 amide bonds. The van der Waals surface area contributed by atoms with Crippen LogP contribution in [0.3, 0.4) is 0 Å². The molecule has 0 radical (unpaired) electrons. The van der Waals surface area contributed by atoms with Crippen molar-refractivity contribution in [1.29, 1.82) is 0 Å². The van der Waals surface area contributed by atoms with Gasteiger partial charge in [-0.25, -0.2) is 0 Å². The molecule has 0 aliphatic rings. The van der Waals surface area contributed by atoms with E-state index in [4.69, 9.17) is 5.11 Å². The van der Waals surface area contributed by atoms with Crippen molar-refractivity contribution in [2.45, 2.75) is 19.8 Å². The van der Waals surface area contributed by atoms with Crippen LogP contribution in [0.4, 0.5) is 0 Å². The molecule has 10 heavy (non-hydrogen) atoms. The van der Waals surface area contributed by atoms with Crippen LogP contribution in [-0.2, 0) is 4.79 Å². The first-order valence-electron chi connectivity index (χ1n) is 2.97. The van der Waals surface area contributed by atoms with Gasteiger partial charge in [-0.15, -0.1) is 0 Å². The molecule has 0 bridgehead atoms. The number of carboxylic acids is 1. The Kier molecular flexibility index (Phi) is 9.84. The van der Waals surface area contributed by atoms with Crippen molar-refractivity contribution >= 4 is 5.97 Å². The fourth-order valence-electron chi connectivity index (χ4n) is 0.456. The van der Waals surface area contributed by atoms with Gasteiger partial charge in [0.25, 0.3) is 0 Å². The number of aliphatic hydroxyl groups excluding tert-OH is 1. The number of aliphatic hydroxyl groups is 1. The molecule has 0 saturated heterocycles. The van der Waals surface area contributed by atoms with Crippen LogP contribution < -0.4 is 34.7 Å². The van der Waals surface area contributed by atoms with E-state index < -0.39 is 5.97 Å². The van der Waals surface area contributed by atoms with Gasteiger partial charge in [0.05, 0.1) is 0 Å². The Bertz CT molecular complexity index is 95.0. The van der Waals surface area contributed by atoms with Gasteiger partial charge in [-0.3, -0.25) is 0 Å². The average molecular weight is 154 g/mol. The molecule has 4 heteroatoms. The molecule has 0 aromatic carbocycles. The number of carbonyl (C=O) groups excluding carboxylic acids is 1. The van der Waals surface area contributed by atoms with Crippen molar-refractivity contribution in [2.75, 3.05) is 6.61 Å². The Morgan fingerprint density at radius 3 is 2.50 bits per heavy atom. The molecule has 0 fully saturated rings. The minimum absolute atomic E-state index is 0. The topological polar surface area (TPSA) is 60.4 Å². The standard InChI is InChI=1S/C6H12O3.Na/c1-5(4-7)2-3-6(8)9;/h5,7H,2-4H2,1H3,(H,8,9);/q;+1/p-1. The van der Waals surface area contributed by atoms with Crippen LogP contribution >= 0.6 is 0 Å². The van der Waals surface area contributed by atoms with Crippen molar-refractivity contribution in [3.63, 3.8) is 0 Å².